The third-order valence-electron chi connectivity index (χ3n) is 3.50. The van der Waals surface area contributed by atoms with Crippen LogP contribution in [0.25, 0.3) is 11.3 Å². The second kappa shape index (κ2) is 4.22. The number of aromatic amines is 1. The van der Waals surface area contributed by atoms with Crippen molar-refractivity contribution in [1.29, 1.82) is 0 Å². The number of hydrogen-bond acceptors (Lipinski definition) is 3. The van der Waals surface area contributed by atoms with Gasteiger partial charge in [-0.25, -0.2) is 0 Å². The highest BCUT2D eigenvalue weighted by Crippen LogP contribution is 2.25. The first-order valence-electron chi connectivity index (χ1n) is 6.43. The number of rotatable bonds is 3. The molecule has 0 aliphatic heterocycles. The summed E-state index contributed by atoms with van der Waals surface area (Å²) in [6, 6.07) is 2.13. The van der Waals surface area contributed by atoms with Crippen LogP contribution < -0.4 is 5.32 Å². The number of aromatic nitrogens is 4. The van der Waals surface area contributed by atoms with E-state index in [0.717, 1.165) is 35.5 Å². The van der Waals surface area contributed by atoms with E-state index in [1.54, 1.807) is 6.07 Å². The van der Waals surface area contributed by atoms with Crippen molar-refractivity contribution in [2.24, 2.45) is 7.05 Å². The number of carbonyl (C=O) groups is 1. The Hall–Kier alpha value is -2.11. The van der Waals surface area contributed by atoms with Crippen LogP contribution in [0.4, 0.5) is 0 Å². The van der Waals surface area contributed by atoms with Gasteiger partial charge in [-0.1, -0.05) is 0 Å². The van der Waals surface area contributed by atoms with Gasteiger partial charge in [-0.15, -0.1) is 0 Å². The lowest BCUT2D eigenvalue weighted by Gasteiger charge is -1.98. The standard InChI is InChI=1S/C13H17N5O/c1-7-12(8(2)18(3)17-7)10-6-11(16-15-10)13(19)14-9-4-5-9/h6,9H,4-5H2,1-3H3,(H,14,19)(H,15,16). The van der Waals surface area contributed by atoms with E-state index in [1.165, 1.54) is 0 Å². The van der Waals surface area contributed by atoms with Crippen LogP contribution in [0.2, 0.25) is 0 Å². The summed E-state index contributed by atoms with van der Waals surface area (Å²) in [5, 5.41) is 14.3. The van der Waals surface area contributed by atoms with Crippen LogP contribution >= 0.6 is 0 Å². The number of nitrogens with zero attached hydrogens (tertiary/aromatic N) is 3. The van der Waals surface area contributed by atoms with Gasteiger partial charge in [0.25, 0.3) is 5.91 Å². The predicted octanol–water partition coefficient (Wildman–Crippen LogP) is 1.32. The quantitative estimate of drug-likeness (QED) is 0.872. The fraction of sp³-hybridized carbons (Fsp3) is 0.462. The highest BCUT2D eigenvalue weighted by molar-refractivity contribution is 5.93. The van der Waals surface area contributed by atoms with Gasteiger partial charge < -0.3 is 5.32 Å². The molecule has 0 unspecified atom stereocenters. The van der Waals surface area contributed by atoms with Crippen molar-refractivity contribution in [3.05, 3.63) is 23.1 Å². The molecule has 2 aromatic rings. The van der Waals surface area contributed by atoms with Crippen LogP contribution in [0.5, 0.6) is 0 Å². The Kier molecular flexibility index (Phi) is 2.66. The third-order valence-corrected chi connectivity index (χ3v) is 3.50. The van der Waals surface area contributed by atoms with E-state index in [0.29, 0.717) is 11.7 Å². The normalized spacial score (nSPS) is 14.7. The molecule has 1 saturated carbocycles. The molecule has 2 heterocycles. The molecule has 0 saturated heterocycles. The van der Waals surface area contributed by atoms with E-state index in [-0.39, 0.29) is 5.91 Å². The van der Waals surface area contributed by atoms with Crippen molar-refractivity contribution in [2.75, 3.05) is 0 Å². The van der Waals surface area contributed by atoms with E-state index >= 15 is 0 Å². The molecule has 1 fully saturated rings. The average Bonchev–Trinajstić information content (AvgIpc) is 2.96. The number of hydrogen-bond donors (Lipinski definition) is 2. The molecule has 6 heteroatoms. The maximum atomic E-state index is 11.9. The Labute approximate surface area is 111 Å². The Morgan fingerprint density at radius 1 is 1.47 bits per heavy atom. The molecule has 19 heavy (non-hydrogen) atoms. The van der Waals surface area contributed by atoms with Crippen molar-refractivity contribution in [1.82, 2.24) is 25.3 Å². The number of H-pyrrole nitrogens is 1. The zero-order valence-corrected chi connectivity index (χ0v) is 11.3. The molecule has 3 rings (SSSR count). The summed E-state index contributed by atoms with van der Waals surface area (Å²) in [5.74, 6) is -0.0829. The van der Waals surface area contributed by atoms with Crippen LogP contribution in [0.3, 0.4) is 0 Å². The minimum atomic E-state index is -0.0829. The Balaban J connectivity index is 1.89. The first kappa shape index (κ1) is 12.0. The second-order valence-corrected chi connectivity index (χ2v) is 5.08. The van der Waals surface area contributed by atoms with Crippen molar-refractivity contribution in [3.8, 4) is 11.3 Å². The minimum absolute atomic E-state index is 0.0829. The van der Waals surface area contributed by atoms with Gasteiger partial charge >= 0.3 is 0 Å². The lowest BCUT2D eigenvalue weighted by molar-refractivity contribution is 0.0946. The van der Waals surface area contributed by atoms with Gasteiger partial charge in [0, 0.05) is 24.3 Å². The summed E-state index contributed by atoms with van der Waals surface area (Å²) < 4.78 is 1.82. The summed E-state index contributed by atoms with van der Waals surface area (Å²) in [6.07, 6.45) is 2.15. The summed E-state index contributed by atoms with van der Waals surface area (Å²) in [4.78, 5) is 11.9. The molecule has 2 aromatic heterocycles. The monoisotopic (exact) mass is 259 g/mol. The van der Waals surface area contributed by atoms with Crippen molar-refractivity contribution in [3.63, 3.8) is 0 Å². The van der Waals surface area contributed by atoms with Crippen LogP contribution in [-0.4, -0.2) is 31.9 Å². The molecule has 1 aliphatic carbocycles. The zero-order valence-electron chi connectivity index (χ0n) is 11.3. The summed E-state index contributed by atoms with van der Waals surface area (Å²) in [6.45, 7) is 3.94. The van der Waals surface area contributed by atoms with Crippen LogP contribution in [0, 0.1) is 13.8 Å². The van der Waals surface area contributed by atoms with Gasteiger partial charge in [0.1, 0.15) is 5.69 Å². The van der Waals surface area contributed by atoms with Crippen LogP contribution in [0.15, 0.2) is 6.07 Å². The predicted molar refractivity (Wildman–Crippen MR) is 70.8 cm³/mol. The Bertz CT molecular complexity index is 635. The molecule has 0 bridgehead atoms. The van der Waals surface area contributed by atoms with Gasteiger partial charge in [0.05, 0.1) is 11.4 Å². The van der Waals surface area contributed by atoms with E-state index in [1.807, 2.05) is 25.6 Å². The molecule has 0 atom stereocenters. The van der Waals surface area contributed by atoms with E-state index in [2.05, 4.69) is 20.6 Å². The van der Waals surface area contributed by atoms with Gasteiger partial charge in [0.2, 0.25) is 0 Å². The molecule has 0 radical (unpaired) electrons. The number of aryl methyl sites for hydroxylation is 2. The number of amides is 1. The number of carbonyl (C=O) groups excluding carboxylic acids is 1. The molecule has 100 valence electrons. The maximum Gasteiger partial charge on any atom is 0.269 e. The first-order chi connectivity index (χ1) is 9.06. The lowest BCUT2D eigenvalue weighted by Crippen LogP contribution is -2.25. The minimum Gasteiger partial charge on any atom is -0.348 e. The maximum absolute atomic E-state index is 11.9. The lowest BCUT2D eigenvalue weighted by atomic mass is 10.1. The molecule has 1 amide bonds. The van der Waals surface area contributed by atoms with Crippen molar-refractivity contribution in [2.45, 2.75) is 32.7 Å². The Morgan fingerprint density at radius 3 is 2.79 bits per heavy atom. The van der Waals surface area contributed by atoms with E-state index in [4.69, 9.17) is 0 Å². The highest BCUT2D eigenvalue weighted by Gasteiger charge is 2.25. The molecule has 6 nitrogen and oxygen atoms in total. The SMILES string of the molecule is Cc1nn(C)c(C)c1-c1cc(C(=O)NC2CC2)[nH]n1. The third kappa shape index (κ3) is 2.14. The largest absolute Gasteiger partial charge is 0.348 e. The summed E-state index contributed by atoms with van der Waals surface area (Å²) in [7, 11) is 1.90. The molecule has 1 aliphatic rings. The van der Waals surface area contributed by atoms with E-state index in [9.17, 15) is 4.79 Å². The zero-order chi connectivity index (χ0) is 13.6. The summed E-state index contributed by atoms with van der Waals surface area (Å²) >= 11 is 0. The first-order valence-corrected chi connectivity index (χ1v) is 6.43. The summed E-state index contributed by atoms with van der Waals surface area (Å²) in [5.41, 5.74) is 4.22. The second-order valence-electron chi connectivity index (χ2n) is 5.08. The molecular formula is C13H17N5O. The molecule has 2 N–H and O–H groups in total. The molecular weight excluding hydrogens is 242 g/mol. The smallest absolute Gasteiger partial charge is 0.269 e. The molecule has 0 aromatic carbocycles. The molecule has 0 spiro atoms. The van der Waals surface area contributed by atoms with Gasteiger partial charge in [-0.05, 0) is 32.8 Å². The van der Waals surface area contributed by atoms with Crippen LogP contribution in [0.1, 0.15) is 34.7 Å². The van der Waals surface area contributed by atoms with Crippen molar-refractivity contribution >= 4 is 5.91 Å². The highest BCUT2D eigenvalue weighted by atomic mass is 16.2. The van der Waals surface area contributed by atoms with Gasteiger partial charge in [-0.2, -0.15) is 10.2 Å². The van der Waals surface area contributed by atoms with Crippen molar-refractivity contribution < 1.29 is 4.79 Å². The fourth-order valence-electron chi connectivity index (χ4n) is 2.20. The topological polar surface area (TPSA) is 75.6 Å². The van der Waals surface area contributed by atoms with E-state index < -0.39 is 0 Å². The average molecular weight is 259 g/mol. The fourth-order valence-corrected chi connectivity index (χ4v) is 2.20. The van der Waals surface area contributed by atoms with Gasteiger partial charge in [-0.3, -0.25) is 14.6 Å². The van der Waals surface area contributed by atoms with Crippen LogP contribution in [-0.2, 0) is 7.05 Å². The number of nitrogens with one attached hydrogen (secondary N) is 2. The van der Waals surface area contributed by atoms with Gasteiger partial charge in [0.15, 0.2) is 0 Å². The Morgan fingerprint density at radius 2 is 2.21 bits per heavy atom.